The second-order valence-corrected chi connectivity index (χ2v) is 14.1. The molecule has 6 rings (SSSR count). The summed E-state index contributed by atoms with van der Waals surface area (Å²) >= 11 is 0. The summed E-state index contributed by atoms with van der Waals surface area (Å²) in [6.45, 7) is 2.34. The van der Waals surface area contributed by atoms with Crippen molar-refractivity contribution in [2.45, 2.75) is 51.9 Å². The number of hydrogen-bond acceptors (Lipinski definition) is 3. The standard InChI is InChI=1S/C43H35BF10N2O2/c1-26-11-15-30(16-12-26)36-21-34(32-9-5-7-28(3)19-32)37(55-36)23-39-35(33-10-6-8-29(4)20-33)22-38(31-17-13-27(2)14-18-31)56(39)44(57-24-40(45,46)42(49,50)51)58-25-41(47,48)43(52,53)54/h5-23H,24-25H2,1-4H3/b37-23-. The summed E-state index contributed by atoms with van der Waals surface area (Å²) in [4.78, 5) is 4.90. The van der Waals surface area contributed by atoms with Crippen LogP contribution in [0.2, 0.25) is 0 Å². The Labute approximate surface area is 328 Å². The minimum Gasteiger partial charge on any atom is -0.385 e. The Morgan fingerprint density at radius 3 is 1.55 bits per heavy atom. The zero-order chi connectivity index (χ0) is 42.2. The molecule has 0 saturated heterocycles. The molecule has 0 fully saturated rings. The van der Waals surface area contributed by atoms with Crippen LogP contribution in [0.1, 0.15) is 39.1 Å². The fourth-order valence-corrected chi connectivity index (χ4v) is 6.21. The second kappa shape index (κ2) is 16.1. The van der Waals surface area contributed by atoms with E-state index in [1.807, 2.05) is 62.4 Å². The lowest BCUT2D eigenvalue weighted by atomic mass is 9.97. The van der Waals surface area contributed by atoms with Crippen LogP contribution in [0.15, 0.2) is 120 Å². The third kappa shape index (κ3) is 9.15. The third-order valence-electron chi connectivity index (χ3n) is 9.35. The van der Waals surface area contributed by atoms with Gasteiger partial charge in [0.25, 0.3) is 0 Å². The Kier molecular flexibility index (Phi) is 11.7. The van der Waals surface area contributed by atoms with Gasteiger partial charge in [-0.2, -0.15) is 43.9 Å². The van der Waals surface area contributed by atoms with Crippen LogP contribution in [0.4, 0.5) is 43.9 Å². The normalized spacial score (nSPS) is 14.6. The van der Waals surface area contributed by atoms with E-state index in [1.165, 1.54) is 12.1 Å². The van der Waals surface area contributed by atoms with Gasteiger partial charge in [-0.15, -0.1) is 0 Å². The highest BCUT2D eigenvalue weighted by Gasteiger charge is 2.60. The highest BCUT2D eigenvalue weighted by molar-refractivity contribution is 6.44. The number of nitrogens with zero attached hydrogens (tertiary/aromatic N) is 2. The van der Waals surface area contributed by atoms with E-state index < -0.39 is 44.7 Å². The summed E-state index contributed by atoms with van der Waals surface area (Å²) in [6, 6.07) is 29.6. The quantitative estimate of drug-likeness (QED) is 0.0929. The number of aromatic nitrogens is 1. The Hall–Kier alpha value is -5.41. The van der Waals surface area contributed by atoms with Gasteiger partial charge in [0, 0.05) is 28.1 Å². The van der Waals surface area contributed by atoms with E-state index in [2.05, 4.69) is 0 Å². The predicted molar refractivity (Wildman–Crippen MR) is 205 cm³/mol. The van der Waals surface area contributed by atoms with E-state index in [0.29, 0.717) is 28.0 Å². The first-order chi connectivity index (χ1) is 27.1. The maximum Gasteiger partial charge on any atom is 0.598 e. The molecule has 1 aliphatic heterocycles. The molecule has 1 aromatic heterocycles. The molecule has 5 aromatic rings. The molecule has 302 valence electrons. The molecule has 0 spiro atoms. The fourth-order valence-electron chi connectivity index (χ4n) is 6.21. The second-order valence-electron chi connectivity index (χ2n) is 14.1. The Bertz CT molecular complexity index is 2350. The van der Waals surface area contributed by atoms with Crippen LogP contribution in [0.3, 0.4) is 0 Å². The van der Waals surface area contributed by atoms with E-state index in [1.54, 1.807) is 68.5 Å². The zero-order valence-corrected chi connectivity index (χ0v) is 31.5. The van der Waals surface area contributed by atoms with Crippen molar-refractivity contribution in [3.05, 3.63) is 154 Å². The van der Waals surface area contributed by atoms with Gasteiger partial charge in [-0.05, 0) is 62.6 Å². The van der Waals surface area contributed by atoms with Crippen LogP contribution < -0.4 is 0 Å². The average molecular weight is 813 g/mol. The largest absolute Gasteiger partial charge is 0.598 e. The molecule has 0 radical (unpaired) electrons. The minimum absolute atomic E-state index is 0.0270. The van der Waals surface area contributed by atoms with Gasteiger partial charge in [0.1, 0.15) is 13.2 Å². The predicted octanol–water partition coefficient (Wildman–Crippen LogP) is 12.2. The van der Waals surface area contributed by atoms with E-state index in [0.717, 1.165) is 26.7 Å². The number of allylic oxidation sites excluding steroid dienone is 2. The molecule has 2 heterocycles. The number of benzene rings is 4. The SMILES string of the molecule is Cc1ccc(C2=N/C(=C\c3c(-c4cccc(C)c4)cc(-c4ccc(C)cc4)n3B(OCC(F)(F)C(F)(F)F)OCC(F)(F)C(F)(F)F)C(c3cccc(C)c3)=C2)cc1. The van der Waals surface area contributed by atoms with Crippen molar-refractivity contribution in [3.63, 3.8) is 0 Å². The molecule has 0 aliphatic carbocycles. The van der Waals surface area contributed by atoms with E-state index in [-0.39, 0.29) is 28.2 Å². The number of hydrogen-bond donors (Lipinski definition) is 0. The summed E-state index contributed by atoms with van der Waals surface area (Å²) < 4.78 is 150. The van der Waals surface area contributed by atoms with Crippen molar-refractivity contribution in [1.29, 1.82) is 0 Å². The van der Waals surface area contributed by atoms with Crippen LogP contribution in [0.25, 0.3) is 34.0 Å². The zero-order valence-electron chi connectivity index (χ0n) is 31.5. The van der Waals surface area contributed by atoms with Crippen LogP contribution in [0, 0.1) is 27.7 Å². The molecule has 0 bridgehead atoms. The first-order valence-corrected chi connectivity index (χ1v) is 17.8. The lowest BCUT2D eigenvalue weighted by molar-refractivity contribution is -0.295. The first kappa shape index (κ1) is 42.2. The Morgan fingerprint density at radius 1 is 0.569 bits per heavy atom. The maximum absolute atomic E-state index is 14.5. The van der Waals surface area contributed by atoms with Gasteiger partial charge in [-0.1, -0.05) is 119 Å². The van der Waals surface area contributed by atoms with Gasteiger partial charge in [0.15, 0.2) is 0 Å². The van der Waals surface area contributed by atoms with Crippen LogP contribution in [-0.2, 0) is 9.31 Å². The summed E-state index contributed by atoms with van der Waals surface area (Å²) in [6.07, 6.45) is -9.09. The van der Waals surface area contributed by atoms with E-state index >= 15 is 0 Å². The van der Waals surface area contributed by atoms with E-state index in [9.17, 15) is 43.9 Å². The molecule has 0 saturated carbocycles. The monoisotopic (exact) mass is 812 g/mol. The molecule has 1 aliphatic rings. The molecular weight excluding hydrogens is 777 g/mol. The number of aryl methyl sites for hydroxylation is 4. The van der Waals surface area contributed by atoms with Crippen molar-refractivity contribution >= 4 is 24.6 Å². The molecule has 0 N–H and O–H groups in total. The molecule has 15 heteroatoms. The number of rotatable bonds is 12. The summed E-state index contributed by atoms with van der Waals surface area (Å²) in [5.74, 6) is -11.1. The third-order valence-corrected chi connectivity index (χ3v) is 9.35. The van der Waals surface area contributed by atoms with Crippen LogP contribution >= 0.6 is 0 Å². The molecule has 58 heavy (non-hydrogen) atoms. The number of halogens is 10. The fraction of sp³-hybridized carbons (Fsp3) is 0.233. The summed E-state index contributed by atoms with van der Waals surface area (Å²) in [5.41, 5.74) is 6.97. The Balaban J connectivity index is 1.67. The van der Waals surface area contributed by atoms with Crippen molar-refractivity contribution in [2.24, 2.45) is 4.99 Å². The smallest absolute Gasteiger partial charge is 0.385 e. The summed E-state index contributed by atoms with van der Waals surface area (Å²) in [5, 5.41) is 0. The minimum atomic E-state index is -6.17. The van der Waals surface area contributed by atoms with Gasteiger partial charge in [-0.25, -0.2) is 4.99 Å². The number of aliphatic imine (C=N–C) groups is 1. The molecule has 4 nitrogen and oxygen atoms in total. The van der Waals surface area contributed by atoms with Crippen LogP contribution in [0.5, 0.6) is 0 Å². The summed E-state index contributed by atoms with van der Waals surface area (Å²) in [7, 11) is -2.70. The van der Waals surface area contributed by atoms with Crippen molar-refractivity contribution in [1.82, 2.24) is 4.48 Å². The average Bonchev–Trinajstić information content (AvgIpc) is 3.73. The Morgan fingerprint density at radius 2 is 1.05 bits per heavy atom. The lowest BCUT2D eigenvalue weighted by Gasteiger charge is -2.26. The number of alkyl halides is 10. The molecule has 0 amide bonds. The first-order valence-electron chi connectivity index (χ1n) is 17.8. The van der Waals surface area contributed by atoms with Crippen LogP contribution in [-0.4, -0.2) is 54.9 Å². The molecule has 4 aromatic carbocycles. The maximum atomic E-state index is 14.5. The van der Waals surface area contributed by atoms with Gasteiger partial charge in [0.05, 0.1) is 11.4 Å². The highest BCUT2D eigenvalue weighted by atomic mass is 19.4. The van der Waals surface area contributed by atoms with Gasteiger partial charge in [0.2, 0.25) is 0 Å². The van der Waals surface area contributed by atoms with Gasteiger partial charge >= 0.3 is 31.5 Å². The molecular formula is C43H35BF10N2O2. The van der Waals surface area contributed by atoms with Crippen molar-refractivity contribution in [2.75, 3.05) is 13.2 Å². The van der Waals surface area contributed by atoms with Crippen molar-refractivity contribution in [3.8, 4) is 22.4 Å². The van der Waals surface area contributed by atoms with Crippen molar-refractivity contribution < 1.29 is 53.2 Å². The topological polar surface area (TPSA) is 35.8 Å². The lowest BCUT2D eigenvalue weighted by Crippen LogP contribution is -2.48. The molecule has 0 atom stereocenters. The van der Waals surface area contributed by atoms with Gasteiger partial charge < -0.3 is 13.8 Å². The highest BCUT2D eigenvalue weighted by Crippen LogP contribution is 2.42. The van der Waals surface area contributed by atoms with Gasteiger partial charge in [-0.3, -0.25) is 0 Å². The van der Waals surface area contributed by atoms with E-state index in [4.69, 9.17) is 14.3 Å². The molecule has 0 unspecified atom stereocenters.